The van der Waals surface area contributed by atoms with Crippen LogP contribution in [0.4, 0.5) is 5.69 Å². The number of nitrogens with one attached hydrogen (secondary N) is 1. The molecule has 1 aromatic rings. The molecule has 2 rings (SSSR count). The van der Waals surface area contributed by atoms with Crippen molar-refractivity contribution in [1.82, 2.24) is 9.21 Å². The summed E-state index contributed by atoms with van der Waals surface area (Å²) in [5.74, 6) is -0.358. The summed E-state index contributed by atoms with van der Waals surface area (Å²) in [5, 5.41) is 2.69. The minimum Gasteiger partial charge on any atom is -0.333 e. The minimum atomic E-state index is -3.57. The molecule has 1 fully saturated rings. The van der Waals surface area contributed by atoms with Crippen LogP contribution in [0.1, 0.15) is 18.4 Å². The SMILES string of the molecule is Cc1ccc(S(=O)(=O)N(C)C)cc1NC(=O)CN1CCCC1=O. The first-order chi connectivity index (χ1) is 10.7. The van der Waals surface area contributed by atoms with Gasteiger partial charge in [0, 0.05) is 32.7 Å². The molecule has 1 aliphatic rings. The normalized spacial score (nSPS) is 15.3. The molecule has 126 valence electrons. The highest BCUT2D eigenvalue weighted by Crippen LogP contribution is 2.22. The van der Waals surface area contributed by atoms with Gasteiger partial charge < -0.3 is 10.2 Å². The van der Waals surface area contributed by atoms with E-state index in [0.29, 0.717) is 18.7 Å². The van der Waals surface area contributed by atoms with Crippen molar-refractivity contribution in [2.45, 2.75) is 24.7 Å². The topological polar surface area (TPSA) is 86.8 Å². The molecule has 2 amide bonds. The summed E-state index contributed by atoms with van der Waals surface area (Å²) in [7, 11) is -0.664. The van der Waals surface area contributed by atoms with Crippen molar-refractivity contribution >= 4 is 27.5 Å². The van der Waals surface area contributed by atoms with Crippen molar-refractivity contribution in [3.8, 4) is 0 Å². The van der Waals surface area contributed by atoms with Gasteiger partial charge in [-0.3, -0.25) is 9.59 Å². The third-order valence-electron chi connectivity index (χ3n) is 3.77. The van der Waals surface area contributed by atoms with Gasteiger partial charge >= 0.3 is 0 Å². The smallest absolute Gasteiger partial charge is 0.244 e. The molecule has 0 atom stereocenters. The summed E-state index contributed by atoms with van der Waals surface area (Å²) >= 11 is 0. The van der Waals surface area contributed by atoms with Crippen LogP contribution >= 0.6 is 0 Å². The minimum absolute atomic E-state index is 0.0110. The van der Waals surface area contributed by atoms with Gasteiger partial charge in [0.1, 0.15) is 0 Å². The number of rotatable bonds is 5. The molecule has 8 heteroatoms. The molecule has 1 saturated heterocycles. The molecule has 0 saturated carbocycles. The van der Waals surface area contributed by atoms with E-state index in [0.717, 1.165) is 16.3 Å². The number of nitrogens with zero attached hydrogens (tertiary/aromatic N) is 2. The Balaban J connectivity index is 2.16. The lowest BCUT2D eigenvalue weighted by molar-refractivity contribution is -0.131. The maximum absolute atomic E-state index is 12.2. The zero-order chi connectivity index (χ0) is 17.2. The first kappa shape index (κ1) is 17.4. The Bertz CT molecular complexity index is 728. The number of carbonyl (C=O) groups excluding carboxylic acids is 2. The van der Waals surface area contributed by atoms with Crippen LogP contribution in [0.25, 0.3) is 0 Å². The van der Waals surface area contributed by atoms with Gasteiger partial charge in [0.2, 0.25) is 21.8 Å². The molecule has 23 heavy (non-hydrogen) atoms. The standard InChI is InChI=1S/C15H21N3O4S/c1-11-6-7-12(23(21,22)17(2)3)9-13(11)16-14(19)10-18-8-4-5-15(18)20/h6-7,9H,4-5,8,10H2,1-3H3,(H,16,19). The molecule has 0 aliphatic carbocycles. The summed E-state index contributed by atoms with van der Waals surface area (Å²) < 4.78 is 25.4. The van der Waals surface area contributed by atoms with E-state index in [-0.39, 0.29) is 23.3 Å². The lowest BCUT2D eigenvalue weighted by atomic mass is 10.2. The van der Waals surface area contributed by atoms with E-state index in [1.807, 2.05) is 0 Å². The quantitative estimate of drug-likeness (QED) is 0.860. The third kappa shape index (κ3) is 3.89. The highest BCUT2D eigenvalue weighted by atomic mass is 32.2. The fourth-order valence-corrected chi connectivity index (χ4v) is 3.27. The van der Waals surface area contributed by atoms with Gasteiger partial charge in [-0.2, -0.15) is 0 Å². The summed E-state index contributed by atoms with van der Waals surface area (Å²) in [6.07, 6.45) is 1.24. The summed E-state index contributed by atoms with van der Waals surface area (Å²) in [6.45, 7) is 2.35. The number of carbonyl (C=O) groups is 2. The second-order valence-electron chi connectivity index (χ2n) is 5.73. The lowest BCUT2D eigenvalue weighted by Gasteiger charge is -2.17. The van der Waals surface area contributed by atoms with Crippen molar-refractivity contribution in [3.05, 3.63) is 23.8 Å². The number of likely N-dealkylation sites (tertiary alicyclic amines) is 1. The Morgan fingerprint density at radius 3 is 2.61 bits per heavy atom. The first-order valence-electron chi connectivity index (χ1n) is 7.32. The predicted octanol–water partition coefficient (Wildman–Crippen LogP) is 0.806. The van der Waals surface area contributed by atoms with E-state index in [2.05, 4.69) is 5.32 Å². The maximum Gasteiger partial charge on any atom is 0.244 e. The van der Waals surface area contributed by atoms with E-state index in [4.69, 9.17) is 0 Å². The van der Waals surface area contributed by atoms with Gasteiger partial charge in [0.05, 0.1) is 11.4 Å². The van der Waals surface area contributed by atoms with Crippen LogP contribution < -0.4 is 5.32 Å². The highest BCUT2D eigenvalue weighted by molar-refractivity contribution is 7.89. The first-order valence-corrected chi connectivity index (χ1v) is 8.76. The largest absolute Gasteiger partial charge is 0.333 e. The van der Waals surface area contributed by atoms with Gasteiger partial charge in [-0.25, -0.2) is 12.7 Å². The molecule has 1 N–H and O–H groups in total. The van der Waals surface area contributed by atoms with Crippen molar-refractivity contribution in [2.75, 3.05) is 32.5 Å². The molecule has 0 radical (unpaired) electrons. The number of hydrogen-bond acceptors (Lipinski definition) is 4. The van der Waals surface area contributed by atoms with E-state index in [1.165, 1.54) is 31.1 Å². The van der Waals surface area contributed by atoms with Gasteiger partial charge in [-0.15, -0.1) is 0 Å². The summed E-state index contributed by atoms with van der Waals surface area (Å²) in [5.41, 5.74) is 1.19. The van der Waals surface area contributed by atoms with Gasteiger partial charge in [0.15, 0.2) is 0 Å². The van der Waals surface area contributed by atoms with Crippen molar-refractivity contribution in [1.29, 1.82) is 0 Å². The fraction of sp³-hybridized carbons (Fsp3) is 0.467. The van der Waals surface area contributed by atoms with Crippen LogP contribution in [-0.4, -0.2) is 56.6 Å². The Morgan fingerprint density at radius 2 is 2.04 bits per heavy atom. The Morgan fingerprint density at radius 1 is 1.35 bits per heavy atom. The van der Waals surface area contributed by atoms with Crippen molar-refractivity contribution in [2.24, 2.45) is 0 Å². The maximum atomic E-state index is 12.2. The molecule has 0 unspecified atom stereocenters. The summed E-state index contributed by atoms with van der Waals surface area (Å²) in [6, 6.07) is 4.59. The van der Waals surface area contributed by atoms with Gasteiger partial charge in [-0.1, -0.05) is 6.07 Å². The highest BCUT2D eigenvalue weighted by Gasteiger charge is 2.23. The lowest BCUT2D eigenvalue weighted by Crippen LogP contribution is -2.34. The molecular weight excluding hydrogens is 318 g/mol. The van der Waals surface area contributed by atoms with Gasteiger partial charge in [0.25, 0.3) is 0 Å². The van der Waals surface area contributed by atoms with Crippen LogP contribution in [0.15, 0.2) is 23.1 Å². The number of amides is 2. The Kier molecular flexibility index (Phi) is 5.06. The molecule has 1 heterocycles. The van der Waals surface area contributed by atoms with Crippen molar-refractivity contribution < 1.29 is 18.0 Å². The Labute approximate surface area is 136 Å². The van der Waals surface area contributed by atoms with E-state index >= 15 is 0 Å². The molecule has 0 spiro atoms. The van der Waals surface area contributed by atoms with Gasteiger partial charge in [-0.05, 0) is 31.0 Å². The fourth-order valence-electron chi connectivity index (χ4n) is 2.34. The number of aryl methyl sites for hydroxylation is 1. The number of anilines is 1. The van der Waals surface area contributed by atoms with Crippen LogP contribution in [0.3, 0.4) is 0 Å². The molecule has 1 aliphatic heterocycles. The van der Waals surface area contributed by atoms with Crippen LogP contribution in [0, 0.1) is 6.92 Å². The number of benzene rings is 1. The molecule has 0 aromatic heterocycles. The molecule has 1 aromatic carbocycles. The molecule has 7 nitrogen and oxygen atoms in total. The molecular formula is C15H21N3O4S. The predicted molar refractivity (Wildman–Crippen MR) is 86.5 cm³/mol. The number of sulfonamides is 1. The summed E-state index contributed by atoms with van der Waals surface area (Å²) in [4.78, 5) is 25.3. The number of hydrogen-bond donors (Lipinski definition) is 1. The Hall–Kier alpha value is -1.93. The average Bonchev–Trinajstić information content (AvgIpc) is 2.86. The van der Waals surface area contributed by atoms with Crippen LogP contribution in [0.5, 0.6) is 0 Å². The molecule has 0 bridgehead atoms. The zero-order valence-electron chi connectivity index (χ0n) is 13.5. The third-order valence-corrected chi connectivity index (χ3v) is 5.58. The second-order valence-corrected chi connectivity index (χ2v) is 7.88. The van der Waals surface area contributed by atoms with E-state index < -0.39 is 10.0 Å². The van der Waals surface area contributed by atoms with E-state index in [9.17, 15) is 18.0 Å². The van der Waals surface area contributed by atoms with E-state index in [1.54, 1.807) is 13.0 Å². The van der Waals surface area contributed by atoms with Crippen LogP contribution in [0.2, 0.25) is 0 Å². The van der Waals surface area contributed by atoms with Crippen molar-refractivity contribution in [3.63, 3.8) is 0 Å². The zero-order valence-corrected chi connectivity index (χ0v) is 14.3. The van der Waals surface area contributed by atoms with Crippen LogP contribution in [-0.2, 0) is 19.6 Å². The average molecular weight is 339 g/mol. The monoisotopic (exact) mass is 339 g/mol. The second kappa shape index (κ2) is 6.67.